The number of fused-ring (bicyclic) bond motifs is 3. The van der Waals surface area contributed by atoms with Gasteiger partial charge in [-0.15, -0.1) is 0 Å². The highest BCUT2D eigenvalue weighted by atomic mass is 16.7. The molecule has 8 nitrogen and oxygen atoms in total. The molecule has 2 aliphatic rings. The Morgan fingerprint density at radius 2 is 1.05 bits per heavy atom. The zero-order chi connectivity index (χ0) is 31.0. The quantitative estimate of drug-likeness (QED) is 0.172. The van der Waals surface area contributed by atoms with Crippen molar-refractivity contribution in [2.24, 2.45) is 0 Å². The number of hydrogen-bond donors (Lipinski definition) is 0. The Morgan fingerprint density at radius 3 is 1.57 bits per heavy atom. The van der Waals surface area contributed by atoms with Gasteiger partial charge in [0.2, 0.25) is 0 Å². The lowest BCUT2D eigenvalue weighted by atomic mass is 9.76. The summed E-state index contributed by atoms with van der Waals surface area (Å²) in [5.74, 6) is -1.01. The van der Waals surface area contributed by atoms with Crippen LogP contribution in [0.4, 0.5) is 9.59 Å². The van der Waals surface area contributed by atoms with Crippen LogP contribution in [-0.4, -0.2) is 23.9 Å². The van der Waals surface area contributed by atoms with E-state index in [1.165, 1.54) is 0 Å². The van der Waals surface area contributed by atoms with Crippen LogP contribution >= 0.6 is 0 Å². The molecule has 0 spiro atoms. The number of ketones is 2. The molecule has 4 aromatic carbocycles. The molecule has 0 atom stereocenters. The molecule has 8 heteroatoms. The van der Waals surface area contributed by atoms with E-state index in [0.717, 1.165) is 16.7 Å². The van der Waals surface area contributed by atoms with Gasteiger partial charge < -0.3 is 18.9 Å². The fourth-order valence-electron chi connectivity index (χ4n) is 5.25. The van der Waals surface area contributed by atoms with Crippen molar-refractivity contribution >= 4 is 35.4 Å². The van der Waals surface area contributed by atoms with Crippen molar-refractivity contribution in [3.8, 4) is 11.5 Å². The molecule has 0 saturated heterocycles. The lowest BCUT2D eigenvalue weighted by molar-refractivity contribution is 0.0979. The third-order valence-electron chi connectivity index (χ3n) is 7.31. The topological polar surface area (TPSA) is 105 Å². The second-order valence-corrected chi connectivity index (χ2v) is 10.4. The molecule has 4 aromatic rings. The molecule has 6 rings (SSSR count). The van der Waals surface area contributed by atoms with Gasteiger partial charge in [0.25, 0.3) is 0 Å². The van der Waals surface area contributed by atoms with Gasteiger partial charge in [-0.3, -0.25) is 9.59 Å². The zero-order valence-corrected chi connectivity index (χ0v) is 24.1. The highest BCUT2D eigenvalue weighted by molar-refractivity contribution is 6.34. The summed E-state index contributed by atoms with van der Waals surface area (Å²) in [6, 6.07) is 25.1. The average molecular weight is 587 g/mol. The van der Waals surface area contributed by atoms with Crippen molar-refractivity contribution in [1.82, 2.24) is 0 Å². The summed E-state index contributed by atoms with van der Waals surface area (Å²) in [5, 5.41) is 0. The van der Waals surface area contributed by atoms with Crippen LogP contribution in [0.3, 0.4) is 0 Å². The Morgan fingerprint density at radius 1 is 0.545 bits per heavy atom. The highest BCUT2D eigenvalue weighted by Gasteiger charge is 2.43. The number of carbonyl (C=O) groups is 4. The van der Waals surface area contributed by atoms with Gasteiger partial charge in [0.15, 0.2) is 23.1 Å². The third-order valence-corrected chi connectivity index (χ3v) is 7.31. The number of allylic oxidation sites excluding steroid dienone is 2. The number of Topliss-reactive ketones (excluding diaryl/α,β-unsaturated/α-hetero) is 2. The van der Waals surface area contributed by atoms with E-state index in [4.69, 9.17) is 18.9 Å². The Hall–Kier alpha value is -5.76. The van der Waals surface area contributed by atoms with Gasteiger partial charge >= 0.3 is 12.3 Å². The maximum Gasteiger partial charge on any atom is 0.519 e. The van der Waals surface area contributed by atoms with Gasteiger partial charge in [0, 0.05) is 22.3 Å². The first-order chi connectivity index (χ1) is 21.2. The highest BCUT2D eigenvalue weighted by Crippen LogP contribution is 2.45. The van der Waals surface area contributed by atoms with Crippen molar-refractivity contribution in [2.45, 2.75) is 27.2 Å². The lowest BCUT2D eigenvalue weighted by Gasteiger charge is -2.29. The van der Waals surface area contributed by atoms with Crippen LogP contribution in [0.2, 0.25) is 0 Å². The number of benzene rings is 4. The van der Waals surface area contributed by atoms with E-state index in [0.29, 0.717) is 6.42 Å². The molecule has 0 fully saturated rings. The molecule has 0 unspecified atom stereocenters. The summed E-state index contributed by atoms with van der Waals surface area (Å²) in [6.45, 7) is 5.63. The number of hydrogen-bond acceptors (Lipinski definition) is 8. The van der Waals surface area contributed by atoms with Crippen LogP contribution in [0.25, 0.3) is 11.5 Å². The molecule has 0 amide bonds. The van der Waals surface area contributed by atoms with E-state index in [1.54, 1.807) is 78.9 Å². The van der Waals surface area contributed by atoms with E-state index >= 15 is 0 Å². The molecule has 0 heterocycles. The summed E-state index contributed by atoms with van der Waals surface area (Å²) < 4.78 is 22.3. The van der Waals surface area contributed by atoms with Gasteiger partial charge in [-0.1, -0.05) is 67.6 Å². The zero-order valence-electron chi connectivity index (χ0n) is 24.1. The predicted molar refractivity (Wildman–Crippen MR) is 161 cm³/mol. The van der Waals surface area contributed by atoms with Crippen molar-refractivity contribution in [3.63, 3.8) is 0 Å². The second-order valence-electron chi connectivity index (χ2n) is 10.4. The van der Waals surface area contributed by atoms with E-state index in [-0.39, 0.29) is 56.4 Å². The lowest BCUT2D eigenvalue weighted by Crippen LogP contribution is -2.29. The number of rotatable bonds is 5. The summed E-state index contributed by atoms with van der Waals surface area (Å²) in [5.41, 5.74) is 2.94. The predicted octanol–water partition coefficient (Wildman–Crippen LogP) is 7.81. The van der Waals surface area contributed by atoms with E-state index < -0.39 is 23.9 Å². The standard InChI is InChI=1S/C36H26O8/c1-4-22-15-16-26-28(19-22)34(44-36(40)42-24-12-8-10-21(3)18-24)30-29(32(26)38)33(27-14-6-5-13-25(27)31(30)37)43-35(39)41-23-11-7-9-20(2)17-23/h5-19H,4H2,1-3H3. The van der Waals surface area contributed by atoms with Gasteiger partial charge in [0.05, 0.1) is 11.1 Å². The third kappa shape index (κ3) is 5.29. The fraction of sp³-hybridized carbons (Fsp3) is 0.111. The molecule has 0 aliphatic heterocycles. The molecule has 0 saturated carbocycles. The summed E-state index contributed by atoms with van der Waals surface area (Å²) >= 11 is 0. The van der Waals surface area contributed by atoms with Gasteiger partial charge in [-0.05, 0) is 67.3 Å². The molecular weight excluding hydrogens is 560 g/mol. The molecule has 2 aliphatic carbocycles. The van der Waals surface area contributed by atoms with Crippen LogP contribution in [0.1, 0.15) is 55.5 Å². The maximum atomic E-state index is 14.1. The number of ether oxygens (including phenoxy) is 4. The Bertz CT molecular complexity index is 1950. The van der Waals surface area contributed by atoms with Crippen molar-refractivity contribution in [3.05, 3.63) is 141 Å². The molecular formula is C36H26O8. The first-order valence-electron chi connectivity index (χ1n) is 14.0. The van der Waals surface area contributed by atoms with Crippen LogP contribution in [0.15, 0.2) is 102 Å². The van der Waals surface area contributed by atoms with Gasteiger partial charge in [-0.2, -0.15) is 0 Å². The van der Waals surface area contributed by atoms with E-state index in [9.17, 15) is 19.2 Å². The first kappa shape index (κ1) is 28.4. The van der Waals surface area contributed by atoms with Crippen LogP contribution in [-0.2, 0) is 15.9 Å². The van der Waals surface area contributed by atoms with Gasteiger partial charge in [-0.25, -0.2) is 9.59 Å². The number of carbonyl (C=O) groups excluding carboxylic acids is 4. The molecule has 218 valence electrons. The largest absolute Gasteiger partial charge is 0.519 e. The second kappa shape index (κ2) is 11.5. The SMILES string of the molecule is CCc1ccc2c(c1)C(OC(=O)Oc1cccc(C)c1)=C1C(=O)c3ccccc3C(OC(=O)Oc3cccc(C)c3)=C1C2=O. The van der Waals surface area contributed by atoms with E-state index in [1.807, 2.05) is 32.9 Å². The Balaban J connectivity index is 1.51. The maximum absolute atomic E-state index is 14.1. The summed E-state index contributed by atoms with van der Waals surface area (Å²) in [6.07, 6.45) is -1.59. The average Bonchev–Trinajstić information content (AvgIpc) is 3.00. The van der Waals surface area contributed by atoms with Crippen molar-refractivity contribution in [1.29, 1.82) is 0 Å². The number of aryl methyl sites for hydroxylation is 3. The molecule has 0 N–H and O–H groups in total. The van der Waals surface area contributed by atoms with Crippen LogP contribution < -0.4 is 9.47 Å². The molecule has 0 bridgehead atoms. The Kier molecular flexibility index (Phi) is 7.41. The normalized spacial score (nSPS) is 13.5. The molecule has 0 aromatic heterocycles. The Labute approximate surface area is 253 Å². The van der Waals surface area contributed by atoms with E-state index in [2.05, 4.69) is 0 Å². The monoisotopic (exact) mass is 586 g/mol. The smallest absolute Gasteiger partial charge is 0.395 e. The minimum Gasteiger partial charge on any atom is -0.395 e. The first-order valence-corrected chi connectivity index (χ1v) is 14.0. The van der Waals surface area contributed by atoms with Crippen LogP contribution in [0.5, 0.6) is 11.5 Å². The minimum atomic E-state index is -1.11. The fourth-order valence-corrected chi connectivity index (χ4v) is 5.25. The molecule has 44 heavy (non-hydrogen) atoms. The minimum absolute atomic E-state index is 0.153. The van der Waals surface area contributed by atoms with Gasteiger partial charge in [0.1, 0.15) is 11.5 Å². The van der Waals surface area contributed by atoms with Crippen LogP contribution in [0, 0.1) is 13.8 Å². The van der Waals surface area contributed by atoms with Crippen molar-refractivity contribution in [2.75, 3.05) is 0 Å². The summed E-state index contributed by atoms with van der Waals surface area (Å²) in [4.78, 5) is 54.4. The van der Waals surface area contributed by atoms with Crippen molar-refractivity contribution < 1.29 is 38.1 Å². The summed E-state index contributed by atoms with van der Waals surface area (Å²) in [7, 11) is 0. The molecule has 0 radical (unpaired) electrons.